The number of allylic oxidation sites excluding steroid dienone is 6. The number of rotatable bonds is 11. The zero-order valence-corrected chi connectivity index (χ0v) is 20.4. The first kappa shape index (κ1) is 25.8. The summed E-state index contributed by atoms with van der Waals surface area (Å²) in [4.78, 5) is 4.39. The number of aryl methyl sites for hydroxylation is 1. The molecule has 0 aliphatic rings. The minimum atomic E-state index is -0.180. The number of aliphatic imine (C=N–C) groups is 1. The standard InChI is InChI=1S/C31H36N2/c1-8-11-30(22-33-23-32-7)29-18-14-27(15-19-29)21-31(6,20-26(9-2)10-3)25(5)28-16-12-24(4)13-17-28/h2,8,10-20,22,25,32H,1,3,21,23H2,4-7H3/b26-20-,30-11+,33-22?/t25-,31?/m0/s1. The SMILES string of the molecule is C#C/C(C=C)=C/C(C)(Cc1ccc(/C(C=NCNC)=C/C=C)cc1)[C@@H](C)c1ccc(C)cc1. The van der Waals surface area contributed by atoms with Crippen molar-refractivity contribution in [1.29, 1.82) is 0 Å². The Kier molecular flexibility index (Phi) is 9.85. The average molecular weight is 437 g/mol. The van der Waals surface area contributed by atoms with Crippen LogP contribution in [0.4, 0.5) is 0 Å². The summed E-state index contributed by atoms with van der Waals surface area (Å²) in [5.74, 6) is 3.05. The van der Waals surface area contributed by atoms with E-state index in [2.05, 4.69) is 105 Å². The monoisotopic (exact) mass is 436 g/mol. The molecule has 0 fully saturated rings. The van der Waals surface area contributed by atoms with E-state index in [1.54, 1.807) is 12.2 Å². The van der Waals surface area contributed by atoms with Crippen LogP contribution in [0.5, 0.6) is 0 Å². The second-order valence-corrected chi connectivity index (χ2v) is 8.64. The third-order valence-corrected chi connectivity index (χ3v) is 6.09. The van der Waals surface area contributed by atoms with Gasteiger partial charge in [0, 0.05) is 11.8 Å². The maximum Gasteiger partial charge on any atom is 0.0882 e. The van der Waals surface area contributed by atoms with Crippen molar-refractivity contribution in [2.24, 2.45) is 10.4 Å². The van der Waals surface area contributed by atoms with Crippen LogP contribution in [0.3, 0.4) is 0 Å². The highest BCUT2D eigenvalue weighted by Gasteiger charge is 2.31. The van der Waals surface area contributed by atoms with Gasteiger partial charge in [0.25, 0.3) is 0 Å². The molecule has 0 aromatic heterocycles. The molecular formula is C31H36N2. The van der Waals surface area contributed by atoms with Crippen molar-refractivity contribution in [3.05, 3.63) is 114 Å². The molecule has 1 N–H and O–H groups in total. The molecule has 1 unspecified atom stereocenters. The van der Waals surface area contributed by atoms with E-state index in [4.69, 9.17) is 6.42 Å². The van der Waals surface area contributed by atoms with Gasteiger partial charge < -0.3 is 5.32 Å². The van der Waals surface area contributed by atoms with Crippen molar-refractivity contribution in [2.75, 3.05) is 13.7 Å². The van der Waals surface area contributed by atoms with Gasteiger partial charge >= 0.3 is 0 Å². The van der Waals surface area contributed by atoms with Gasteiger partial charge in [-0.05, 0) is 54.0 Å². The highest BCUT2D eigenvalue weighted by atomic mass is 15.0. The van der Waals surface area contributed by atoms with Gasteiger partial charge in [0.05, 0.1) is 6.67 Å². The highest BCUT2D eigenvalue weighted by molar-refractivity contribution is 6.10. The predicted molar refractivity (Wildman–Crippen MR) is 146 cm³/mol. The Bertz CT molecular complexity index is 1060. The van der Waals surface area contributed by atoms with Crippen molar-refractivity contribution in [1.82, 2.24) is 5.32 Å². The second kappa shape index (κ2) is 12.6. The van der Waals surface area contributed by atoms with Gasteiger partial charge in [-0.3, -0.25) is 4.99 Å². The molecule has 0 heterocycles. The van der Waals surface area contributed by atoms with E-state index in [1.807, 2.05) is 19.3 Å². The van der Waals surface area contributed by atoms with Crippen LogP contribution in [-0.2, 0) is 6.42 Å². The summed E-state index contributed by atoms with van der Waals surface area (Å²) in [6, 6.07) is 17.4. The largest absolute Gasteiger partial charge is 0.301 e. The van der Waals surface area contributed by atoms with Gasteiger partial charge in [0.1, 0.15) is 0 Å². The van der Waals surface area contributed by atoms with Gasteiger partial charge in [-0.15, -0.1) is 6.42 Å². The number of nitrogens with one attached hydrogen (secondary N) is 1. The molecule has 2 atom stereocenters. The number of benzene rings is 2. The fourth-order valence-electron chi connectivity index (χ4n) is 3.91. The molecule has 33 heavy (non-hydrogen) atoms. The Labute approximate surface area is 200 Å². The maximum atomic E-state index is 5.75. The Hall–Kier alpha value is -3.41. The lowest BCUT2D eigenvalue weighted by Crippen LogP contribution is -2.25. The fraction of sp³-hybridized carbons (Fsp3) is 0.258. The Morgan fingerprint density at radius 2 is 1.82 bits per heavy atom. The highest BCUT2D eigenvalue weighted by Crippen LogP contribution is 2.41. The van der Waals surface area contributed by atoms with E-state index >= 15 is 0 Å². The van der Waals surface area contributed by atoms with Gasteiger partial charge in [0.2, 0.25) is 0 Å². The molecule has 0 saturated carbocycles. The molecule has 2 rings (SSSR count). The van der Waals surface area contributed by atoms with Gasteiger partial charge in [-0.1, -0.05) is 111 Å². The van der Waals surface area contributed by atoms with Crippen molar-refractivity contribution < 1.29 is 0 Å². The molecule has 0 saturated heterocycles. The van der Waals surface area contributed by atoms with Crippen LogP contribution in [0.2, 0.25) is 0 Å². The summed E-state index contributed by atoms with van der Waals surface area (Å²) >= 11 is 0. The molecule has 2 aromatic carbocycles. The third kappa shape index (κ3) is 7.31. The van der Waals surface area contributed by atoms with Crippen LogP contribution in [0.25, 0.3) is 5.57 Å². The first-order valence-corrected chi connectivity index (χ1v) is 11.3. The summed E-state index contributed by atoms with van der Waals surface area (Å²) in [7, 11) is 1.88. The Balaban J connectivity index is 2.40. The zero-order valence-electron chi connectivity index (χ0n) is 20.4. The summed E-state index contributed by atoms with van der Waals surface area (Å²) in [5, 5.41) is 3.03. The molecule has 0 bridgehead atoms. The first-order valence-electron chi connectivity index (χ1n) is 11.3. The van der Waals surface area contributed by atoms with E-state index in [0.29, 0.717) is 6.67 Å². The van der Waals surface area contributed by atoms with Gasteiger partial charge in [-0.25, -0.2) is 0 Å². The molecule has 2 heteroatoms. The normalized spacial score (nSPS) is 15.0. The van der Waals surface area contributed by atoms with E-state index in [9.17, 15) is 0 Å². The van der Waals surface area contributed by atoms with Crippen LogP contribution in [0.1, 0.15) is 42.0 Å². The predicted octanol–water partition coefficient (Wildman–Crippen LogP) is 6.91. The smallest absolute Gasteiger partial charge is 0.0882 e. The van der Waals surface area contributed by atoms with Crippen molar-refractivity contribution in [2.45, 2.75) is 33.1 Å². The molecule has 170 valence electrons. The maximum absolute atomic E-state index is 5.75. The average Bonchev–Trinajstić information content (AvgIpc) is 2.82. The van der Waals surface area contributed by atoms with E-state index in [-0.39, 0.29) is 11.3 Å². The van der Waals surface area contributed by atoms with Crippen molar-refractivity contribution in [3.8, 4) is 12.3 Å². The first-order chi connectivity index (χ1) is 15.9. The molecule has 0 aliphatic carbocycles. The Morgan fingerprint density at radius 1 is 1.15 bits per heavy atom. The molecule has 2 nitrogen and oxygen atoms in total. The van der Waals surface area contributed by atoms with Crippen LogP contribution in [0, 0.1) is 24.7 Å². The summed E-state index contributed by atoms with van der Waals surface area (Å²) in [6.07, 6.45) is 16.2. The lowest BCUT2D eigenvalue weighted by molar-refractivity contribution is 0.350. The zero-order chi connectivity index (χ0) is 24.3. The minimum absolute atomic E-state index is 0.180. The number of terminal acetylenes is 1. The van der Waals surface area contributed by atoms with E-state index in [0.717, 1.165) is 23.1 Å². The molecule has 2 aromatic rings. The number of nitrogens with zero attached hydrogens (tertiary/aromatic N) is 1. The topological polar surface area (TPSA) is 24.4 Å². The summed E-state index contributed by atoms with van der Waals surface area (Å²) < 4.78 is 0. The quantitative estimate of drug-likeness (QED) is 0.231. The molecule has 0 aliphatic heterocycles. The van der Waals surface area contributed by atoms with Crippen LogP contribution in [0.15, 0.2) is 96.6 Å². The molecule has 0 amide bonds. The number of hydrogen-bond acceptors (Lipinski definition) is 2. The molecular weight excluding hydrogens is 400 g/mol. The van der Waals surface area contributed by atoms with Crippen molar-refractivity contribution in [3.63, 3.8) is 0 Å². The van der Waals surface area contributed by atoms with Crippen molar-refractivity contribution >= 4 is 11.8 Å². The van der Waals surface area contributed by atoms with E-state index in [1.165, 1.54) is 16.7 Å². The Morgan fingerprint density at radius 3 is 2.36 bits per heavy atom. The summed E-state index contributed by atoms with van der Waals surface area (Å²) in [6.45, 7) is 15.0. The lowest BCUT2D eigenvalue weighted by Gasteiger charge is -2.34. The second-order valence-electron chi connectivity index (χ2n) is 8.64. The number of hydrogen-bond donors (Lipinski definition) is 1. The van der Waals surface area contributed by atoms with Gasteiger partial charge in [-0.2, -0.15) is 0 Å². The fourth-order valence-corrected chi connectivity index (χ4v) is 3.91. The molecule has 0 radical (unpaired) electrons. The van der Waals surface area contributed by atoms with E-state index < -0.39 is 0 Å². The van der Waals surface area contributed by atoms with Gasteiger partial charge in [0.15, 0.2) is 0 Å². The minimum Gasteiger partial charge on any atom is -0.301 e. The van der Waals surface area contributed by atoms with Crippen LogP contribution < -0.4 is 5.32 Å². The lowest BCUT2D eigenvalue weighted by atomic mass is 9.69. The summed E-state index contributed by atoms with van der Waals surface area (Å²) in [5.41, 5.74) is 6.60. The van der Waals surface area contributed by atoms with Crippen LogP contribution in [-0.4, -0.2) is 19.9 Å². The third-order valence-electron chi connectivity index (χ3n) is 6.09. The molecule has 0 spiro atoms. The van der Waals surface area contributed by atoms with Crippen LogP contribution >= 0.6 is 0 Å².